The summed E-state index contributed by atoms with van der Waals surface area (Å²) in [6.45, 7) is 4.80. The first-order valence-corrected chi connectivity index (χ1v) is 5.09. The molecule has 6 heteroatoms. The van der Waals surface area contributed by atoms with Crippen molar-refractivity contribution in [2.24, 2.45) is 0 Å². The molecule has 1 aliphatic heterocycles. The maximum Gasteiger partial charge on any atom is 0.349 e. The monoisotopic (exact) mass is 210 g/mol. The number of nitrogens with zero attached hydrogens (tertiary/aromatic N) is 3. The normalized spacial score (nSPS) is 16.7. The smallest absolute Gasteiger partial charge is 0.349 e. The van der Waals surface area contributed by atoms with E-state index in [-0.39, 0.29) is 5.69 Å². The van der Waals surface area contributed by atoms with Crippen molar-refractivity contribution >= 4 is 5.95 Å². The van der Waals surface area contributed by atoms with Crippen LogP contribution in [0, 0.1) is 0 Å². The van der Waals surface area contributed by atoms with Crippen LogP contribution >= 0.6 is 0 Å². The van der Waals surface area contributed by atoms with E-state index in [1.807, 2.05) is 11.8 Å². The maximum atomic E-state index is 11.2. The van der Waals surface area contributed by atoms with Gasteiger partial charge in [-0.2, -0.15) is 9.97 Å². The maximum absolute atomic E-state index is 11.2. The second-order valence-corrected chi connectivity index (χ2v) is 3.35. The van der Waals surface area contributed by atoms with Crippen LogP contribution in [0.5, 0.6) is 0 Å². The third kappa shape index (κ3) is 2.33. The summed E-state index contributed by atoms with van der Waals surface area (Å²) in [5.74, 6) is 1.19. The number of hydrogen-bond donors (Lipinski definition) is 1. The molecule has 0 aromatic carbocycles. The van der Waals surface area contributed by atoms with Gasteiger partial charge >= 0.3 is 5.69 Å². The van der Waals surface area contributed by atoms with Gasteiger partial charge in [0.15, 0.2) is 0 Å². The predicted octanol–water partition coefficient (Wildman–Crippen LogP) is -0.436. The second-order valence-electron chi connectivity index (χ2n) is 3.35. The van der Waals surface area contributed by atoms with Crippen LogP contribution in [0.2, 0.25) is 0 Å². The van der Waals surface area contributed by atoms with Gasteiger partial charge in [-0.3, -0.25) is 4.98 Å². The standard InChI is InChI=1S/C9H14N4O2/c1-2-7-10-8(12-9(14)11-7)13-3-5-15-6-4-13/h2-6H2,1H3,(H,10,11,12,14). The average molecular weight is 210 g/mol. The molecule has 1 aromatic heterocycles. The SMILES string of the molecule is CCc1nc(N2CCOCC2)[nH]c(=O)n1. The van der Waals surface area contributed by atoms with E-state index in [0.717, 1.165) is 13.1 Å². The van der Waals surface area contributed by atoms with E-state index in [2.05, 4.69) is 15.0 Å². The molecule has 0 atom stereocenters. The number of H-pyrrole nitrogens is 1. The summed E-state index contributed by atoms with van der Waals surface area (Å²) in [6.07, 6.45) is 0.668. The Morgan fingerprint density at radius 1 is 1.40 bits per heavy atom. The minimum atomic E-state index is -0.330. The van der Waals surface area contributed by atoms with Gasteiger partial charge in [-0.1, -0.05) is 6.92 Å². The highest BCUT2D eigenvalue weighted by atomic mass is 16.5. The lowest BCUT2D eigenvalue weighted by Gasteiger charge is -2.26. The number of anilines is 1. The molecule has 0 unspecified atom stereocenters. The highest BCUT2D eigenvalue weighted by Gasteiger charge is 2.14. The number of aromatic nitrogens is 3. The first kappa shape index (κ1) is 10.1. The Bertz CT molecular complexity index is 384. The number of rotatable bonds is 2. The van der Waals surface area contributed by atoms with Gasteiger partial charge < -0.3 is 9.64 Å². The van der Waals surface area contributed by atoms with Crippen LogP contribution in [0.25, 0.3) is 0 Å². The van der Waals surface area contributed by atoms with Crippen LogP contribution in [0.1, 0.15) is 12.7 Å². The molecule has 0 saturated carbocycles. The molecule has 6 nitrogen and oxygen atoms in total. The average Bonchev–Trinajstić information content (AvgIpc) is 2.29. The van der Waals surface area contributed by atoms with Crippen molar-refractivity contribution < 1.29 is 4.74 Å². The molecule has 0 radical (unpaired) electrons. The summed E-state index contributed by atoms with van der Waals surface area (Å²) >= 11 is 0. The molecule has 2 heterocycles. The van der Waals surface area contributed by atoms with Gasteiger partial charge in [-0.25, -0.2) is 4.79 Å². The molecular weight excluding hydrogens is 196 g/mol. The zero-order chi connectivity index (χ0) is 10.7. The molecular formula is C9H14N4O2. The van der Waals surface area contributed by atoms with Gasteiger partial charge in [-0.05, 0) is 0 Å². The Kier molecular flexibility index (Phi) is 2.96. The topological polar surface area (TPSA) is 71.1 Å². The van der Waals surface area contributed by atoms with E-state index in [9.17, 15) is 4.79 Å². The number of ether oxygens (including phenoxy) is 1. The van der Waals surface area contributed by atoms with Crippen molar-refractivity contribution in [2.45, 2.75) is 13.3 Å². The van der Waals surface area contributed by atoms with Gasteiger partial charge in [-0.15, -0.1) is 0 Å². The Labute approximate surface area is 87.3 Å². The van der Waals surface area contributed by atoms with E-state index < -0.39 is 0 Å². The molecule has 82 valence electrons. The molecule has 1 fully saturated rings. The van der Waals surface area contributed by atoms with Crippen LogP contribution in [0.4, 0.5) is 5.95 Å². The van der Waals surface area contributed by atoms with Crippen molar-refractivity contribution in [3.05, 3.63) is 16.3 Å². The molecule has 1 aliphatic rings. The third-order valence-electron chi connectivity index (χ3n) is 2.31. The first-order valence-electron chi connectivity index (χ1n) is 5.09. The Hall–Kier alpha value is -1.43. The van der Waals surface area contributed by atoms with Crippen molar-refractivity contribution in [3.63, 3.8) is 0 Å². The lowest BCUT2D eigenvalue weighted by Crippen LogP contribution is -2.38. The summed E-state index contributed by atoms with van der Waals surface area (Å²) in [5.41, 5.74) is -0.330. The number of hydrogen-bond acceptors (Lipinski definition) is 5. The molecule has 15 heavy (non-hydrogen) atoms. The Morgan fingerprint density at radius 2 is 2.13 bits per heavy atom. The fourth-order valence-electron chi connectivity index (χ4n) is 1.50. The van der Waals surface area contributed by atoms with Crippen molar-refractivity contribution in [1.82, 2.24) is 15.0 Å². The largest absolute Gasteiger partial charge is 0.378 e. The summed E-state index contributed by atoms with van der Waals surface area (Å²) in [6, 6.07) is 0. The Morgan fingerprint density at radius 3 is 2.80 bits per heavy atom. The molecule has 0 aliphatic carbocycles. The van der Waals surface area contributed by atoms with Crippen LogP contribution in [-0.4, -0.2) is 41.3 Å². The third-order valence-corrected chi connectivity index (χ3v) is 2.31. The first-order chi connectivity index (χ1) is 7.29. The van der Waals surface area contributed by atoms with Gasteiger partial charge in [0.2, 0.25) is 5.95 Å². The van der Waals surface area contributed by atoms with Crippen LogP contribution < -0.4 is 10.6 Å². The van der Waals surface area contributed by atoms with E-state index in [4.69, 9.17) is 4.74 Å². The molecule has 0 bridgehead atoms. The minimum Gasteiger partial charge on any atom is -0.378 e. The van der Waals surface area contributed by atoms with E-state index in [0.29, 0.717) is 31.4 Å². The molecule has 0 amide bonds. The zero-order valence-electron chi connectivity index (χ0n) is 8.69. The second kappa shape index (κ2) is 4.39. The van der Waals surface area contributed by atoms with Crippen molar-refractivity contribution in [1.29, 1.82) is 0 Å². The zero-order valence-corrected chi connectivity index (χ0v) is 8.69. The summed E-state index contributed by atoms with van der Waals surface area (Å²) in [4.78, 5) is 23.9. The Balaban J connectivity index is 2.26. The lowest BCUT2D eigenvalue weighted by atomic mass is 10.4. The molecule has 2 rings (SSSR count). The van der Waals surface area contributed by atoms with Crippen LogP contribution in [0.15, 0.2) is 4.79 Å². The van der Waals surface area contributed by atoms with Crippen LogP contribution in [0.3, 0.4) is 0 Å². The van der Waals surface area contributed by atoms with Gasteiger partial charge in [0.05, 0.1) is 13.2 Å². The highest BCUT2D eigenvalue weighted by molar-refractivity contribution is 5.28. The molecule has 0 spiro atoms. The predicted molar refractivity (Wildman–Crippen MR) is 55.1 cm³/mol. The van der Waals surface area contributed by atoms with Gasteiger partial charge in [0.1, 0.15) is 5.82 Å². The van der Waals surface area contributed by atoms with E-state index in [1.165, 1.54) is 0 Å². The highest BCUT2D eigenvalue weighted by Crippen LogP contribution is 2.07. The van der Waals surface area contributed by atoms with Crippen LogP contribution in [-0.2, 0) is 11.2 Å². The van der Waals surface area contributed by atoms with Gasteiger partial charge in [0, 0.05) is 19.5 Å². The fourth-order valence-corrected chi connectivity index (χ4v) is 1.50. The number of aromatic amines is 1. The fraction of sp³-hybridized carbons (Fsp3) is 0.667. The summed E-state index contributed by atoms with van der Waals surface area (Å²) < 4.78 is 5.23. The summed E-state index contributed by atoms with van der Waals surface area (Å²) in [5, 5.41) is 0. The van der Waals surface area contributed by atoms with Gasteiger partial charge in [0.25, 0.3) is 0 Å². The van der Waals surface area contributed by atoms with E-state index >= 15 is 0 Å². The lowest BCUT2D eigenvalue weighted by molar-refractivity contribution is 0.122. The number of nitrogens with one attached hydrogen (secondary N) is 1. The molecule has 1 aromatic rings. The van der Waals surface area contributed by atoms with Crippen molar-refractivity contribution in [2.75, 3.05) is 31.2 Å². The minimum absolute atomic E-state index is 0.330. The quantitative estimate of drug-likeness (QED) is 0.716. The van der Waals surface area contributed by atoms with Crippen molar-refractivity contribution in [3.8, 4) is 0 Å². The molecule has 1 N–H and O–H groups in total. The number of morpholine rings is 1. The number of aryl methyl sites for hydroxylation is 1. The van der Waals surface area contributed by atoms with E-state index in [1.54, 1.807) is 0 Å². The molecule has 1 saturated heterocycles. The summed E-state index contributed by atoms with van der Waals surface area (Å²) in [7, 11) is 0.